The van der Waals surface area contributed by atoms with Gasteiger partial charge in [0.05, 0.1) is 0 Å². The summed E-state index contributed by atoms with van der Waals surface area (Å²) in [7, 11) is 2.95. The van der Waals surface area contributed by atoms with Crippen LogP contribution < -0.4 is 5.73 Å². The molecule has 0 aliphatic carbocycles. The molecule has 0 fully saturated rings. The van der Waals surface area contributed by atoms with Crippen LogP contribution in [0.1, 0.15) is 0 Å². The van der Waals surface area contributed by atoms with E-state index in [-0.39, 0.29) is 0 Å². The fraction of sp³-hybridized carbons (Fsp3) is 0. The minimum Gasteiger partial charge on any atom is -0.378 e. The van der Waals surface area contributed by atoms with Crippen molar-refractivity contribution >= 4 is 26.8 Å². The number of aliphatic imine (C=N–C) groups is 1. The Morgan fingerprint density at radius 1 is 1.57 bits per heavy atom. The van der Waals surface area contributed by atoms with Gasteiger partial charge in [-0.15, -0.1) is 0 Å². The SMILES string of the molecule is C=C1N=C(N)SS1. The maximum absolute atomic E-state index is 5.26. The number of rotatable bonds is 0. The Bertz CT molecular complexity index is 129. The predicted molar refractivity (Wildman–Crippen MR) is 35.9 cm³/mol. The molecule has 4 heteroatoms. The molecule has 0 saturated carbocycles. The summed E-state index contributed by atoms with van der Waals surface area (Å²) in [4.78, 5) is 3.81. The van der Waals surface area contributed by atoms with Gasteiger partial charge in [0, 0.05) is 0 Å². The third-order valence-corrected chi connectivity index (χ3v) is 2.43. The predicted octanol–water partition coefficient (Wildman–Crippen LogP) is 1.17. The van der Waals surface area contributed by atoms with Crippen molar-refractivity contribution in [2.24, 2.45) is 10.7 Å². The molecule has 0 atom stereocenters. The average Bonchev–Trinajstić information content (AvgIpc) is 1.87. The molecule has 0 aromatic rings. The van der Waals surface area contributed by atoms with Crippen molar-refractivity contribution in [1.29, 1.82) is 0 Å². The van der Waals surface area contributed by atoms with Crippen LogP contribution in [0.5, 0.6) is 0 Å². The fourth-order valence-corrected chi connectivity index (χ4v) is 1.54. The molecule has 0 aromatic heterocycles. The molecule has 1 aliphatic heterocycles. The lowest BCUT2D eigenvalue weighted by molar-refractivity contribution is 1.54. The molecule has 0 amide bonds. The maximum Gasteiger partial charge on any atom is 0.170 e. The Morgan fingerprint density at radius 2 is 2.29 bits per heavy atom. The molecule has 38 valence electrons. The Kier molecular flexibility index (Phi) is 1.30. The van der Waals surface area contributed by atoms with E-state index in [1.54, 1.807) is 0 Å². The first-order chi connectivity index (χ1) is 3.29. The topological polar surface area (TPSA) is 38.4 Å². The van der Waals surface area contributed by atoms with Gasteiger partial charge in [-0.05, 0) is 21.6 Å². The third-order valence-electron chi connectivity index (χ3n) is 0.458. The summed E-state index contributed by atoms with van der Waals surface area (Å²) in [6.07, 6.45) is 0. The fourth-order valence-electron chi connectivity index (χ4n) is 0.251. The largest absolute Gasteiger partial charge is 0.378 e. The lowest BCUT2D eigenvalue weighted by atomic mass is 11.0. The summed E-state index contributed by atoms with van der Waals surface area (Å²) < 4.78 is 0. The Labute approximate surface area is 49.7 Å². The second kappa shape index (κ2) is 1.79. The van der Waals surface area contributed by atoms with Crippen LogP contribution in [-0.2, 0) is 0 Å². The number of nitrogens with two attached hydrogens (primary N) is 1. The van der Waals surface area contributed by atoms with Crippen molar-refractivity contribution in [3.63, 3.8) is 0 Å². The first kappa shape index (κ1) is 5.05. The summed E-state index contributed by atoms with van der Waals surface area (Å²) in [5.41, 5.74) is 5.26. The van der Waals surface area contributed by atoms with Crippen LogP contribution in [0.3, 0.4) is 0 Å². The van der Waals surface area contributed by atoms with Crippen molar-refractivity contribution in [2.75, 3.05) is 0 Å². The van der Waals surface area contributed by atoms with E-state index >= 15 is 0 Å². The molecule has 0 spiro atoms. The standard InChI is InChI=1S/C3H4N2S2/c1-2-5-3(4)7-6-2/h1H2,(H2,4,5). The van der Waals surface area contributed by atoms with Gasteiger partial charge < -0.3 is 5.73 Å². The van der Waals surface area contributed by atoms with Crippen LogP contribution in [0.2, 0.25) is 0 Å². The minimum absolute atomic E-state index is 0.606. The summed E-state index contributed by atoms with van der Waals surface area (Å²) in [5, 5.41) is 1.40. The normalized spacial score (nSPS) is 20.0. The monoisotopic (exact) mass is 132 g/mol. The van der Waals surface area contributed by atoms with Gasteiger partial charge in [-0.2, -0.15) is 0 Å². The van der Waals surface area contributed by atoms with Gasteiger partial charge in [-0.1, -0.05) is 6.58 Å². The van der Waals surface area contributed by atoms with Crippen molar-refractivity contribution < 1.29 is 0 Å². The number of hydrogen-bond donors (Lipinski definition) is 1. The molecule has 2 nitrogen and oxygen atoms in total. The molecule has 1 heterocycles. The highest BCUT2D eigenvalue weighted by molar-refractivity contribution is 8.84. The first-order valence-corrected chi connectivity index (χ1v) is 3.81. The van der Waals surface area contributed by atoms with E-state index in [9.17, 15) is 0 Å². The van der Waals surface area contributed by atoms with Gasteiger partial charge in [-0.3, -0.25) is 0 Å². The lowest BCUT2D eigenvalue weighted by Crippen LogP contribution is -2.00. The van der Waals surface area contributed by atoms with E-state index in [0.29, 0.717) is 5.17 Å². The Hall–Kier alpha value is -0.0900. The summed E-state index contributed by atoms with van der Waals surface area (Å²) in [6.45, 7) is 3.58. The van der Waals surface area contributed by atoms with Gasteiger partial charge in [0.2, 0.25) is 0 Å². The highest BCUT2D eigenvalue weighted by Gasteiger charge is 2.05. The summed E-state index contributed by atoms with van der Waals surface area (Å²) in [5.74, 6) is 0. The summed E-state index contributed by atoms with van der Waals surface area (Å²) >= 11 is 0. The molecular formula is C3H4N2S2. The molecular weight excluding hydrogens is 128 g/mol. The van der Waals surface area contributed by atoms with Crippen LogP contribution in [0.4, 0.5) is 0 Å². The van der Waals surface area contributed by atoms with Crippen molar-refractivity contribution in [3.05, 3.63) is 11.6 Å². The zero-order chi connectivity index (χ0) is 5.28. The van der Waals surface area contributed by atoms with Gasteiger partial charge in [-0.25, -0.2) is 4.99 Å². The van der Waals surface area contributed by atoms with Crippen LogP contribution in [0.25, 0.3) is 0 Å². The van der Waals surface area contributed by atoms with Crippen LogP contribution in [0, 0.1) is 0 Å². The van der Waals surface area contributed by atoms with Gasteiger partial charge >= 0.3 is 0 Å². The van der Waals surface area contributed by atoms with E-state index < -0.39 is 0 Å². The maximum atomic E-state index is 5.26. The van der Waals surface area contributed by atoms with Crippen molar-refractivity contribution in [1.82, 2.24) is 0 Å². The molecule has 0 radical (unpaired) electrons. The molecule has 2 N–H and O–H groups in total. The first-order valence-electron chi connectivity index (χ1n) is 1.66. The minimum atomic E-state index is 0.606. The van der Waals surface area contributed by atoms with E-state index in [1.165, 1.54) is 21.6 Å². The van der Waals surface area contributed by atoms with Crippen molar-refractivity contribution in [3.8, 4) is 0 Å². The third kappa shape index (κ3) is 1.14. The highest BCUT2D eigenvalue weighted by atomic mass is 33.1. The molecule has 0 unspecified atom stereocenters. The van der Waals surface area contributed by atoms with Gasteiger partial charge in [0.25, 0.3) is 0 Å². The molecule has 1 aliphatic rings. The number of hydrogen-bond acceptors (Lipinski definition) is 4. The quantitative estimate of drug-likeness (QED) is 0.503. The second-order valence-electron chi connectivity index (χ2n) is 1.01. The van der Waals surface area contributed by atoms with E-state index in [4.69, 9.17) is 5.73 Å². The zero-order valence-corrected chi connectivity index (χ0v) is 5.18. The molecule has 7 heavy (non-hydrogen) atoms. The second-order valence-corrected chi connectivity index (χ2v) is 3.23. The number of nitrogens with zero attached hydrogens (tertiary/aromatic N) is 1. The highest BCUT2D eigenvalue weighted by Crippen LogP contribution is 2.35. The molecule has 0 aromatic carbocycles. The van der Waals surface area contributed by atoms with Gasteiger partial charge in [0.15, 0.2) is 5.17 Å². The van der Waals surface area contributed by atoms with Crippen LogP contribution in [0.15, 0.2) is 16.6 Å². The van der Waals surface area contributed by atoms with E-state index in [0.717, 1.165) is 5.03 Å². The summed E-state index contributed by atoms with van der Waals surface area (Å²) in [6, 6.07) is 0. The molecule has 0 bridgehead atoms. The molecule has 1 rings (SSSR count). The van der Waals surface area contributed by atoms with Crippen LogP contribution >= 0.6 is 21.6 Å². The number of amidine groups is 1. The van der Waals surface area contributed by atoms with Crippen molar-refractivity contribution in [2.45, 2.75) is 0 Å². The molecule has 0 saturated heterocycles. The van der Waals surface area contributed by atoms with E-state index in [1.807, 2.05) is 0 Å². The van der Waals surface area contributed by atoms with Crippen LogP contribution in [-0.4, -0.2) is 5.17 Å². The van der Waals surface area contributed by atoms with Gasteiger partial charge in [0.1, 0.15) is 5.03 Å². The Morgan fingerprint density at radius 3 is 2.43 bits per heavy atom. The van der Waals surface area contributed by atoms with E-state index in [2.05, 4.69) is 11.6 Å². The Balaban J connectivity index is 2.67. The zero-order valence-electron chi connectivity index (χ0n) is 3.55. The average molecular weight is 132 g/mol. The smallest absolute Gasteiger partial charge is 0.170 e. The lowest BCUT2D eigenvalue weighted by Gasteiger charge is -1.76.